The van der Waals surface area contributed by atoms with Crippen LogP contribution in [-0.2, 0) is 10.0 Å². The van der Waals surface area contributed by atoms with E-state index in [1.165, 1.54) is 23.5 Å². The van der Waals surface area contributed by atoms with Crippen LogP contribution >= 0.6 is 0 Å². The Kier molecular flexibility index (Phi) is 7.31. The number of nitrogens with zero attached hydrogens (tertiary/aromatic N) is 1. The van der Waals surface area contributed by atoms with Crippen molar-refractivity contribution in [3.63, 3.8) is 0 Å². The number of aryl methyl sites for hydroxylation is 1. The van der Waals surface area contributed by atoms with Crippen molar-refractivity contribution >= 4 is 21.6 Å². The van der Waals surface area contributed by atoms with Gasteiger partial charge in [-0.2, -0.15) is 0 Å². The standard InChI is InChI=1S/C24H26N2O4S/c1-19-12-14-21(15-13-19)26(2)31(28,29)23-11-6-8-20(18-23)24(27)25-16-7-17-30-22-9-4-3-5-10-22/h3-6,8-15,18H,7,16-17H2,1-2H3,(H,25,27). The lowest BCUT2D eigenvalue weighted by Crippen LogP contribution is -2.28. The number of anilines is 1. The number of hydrogen-bond donors (Lipinski definition) is 1. The first-order valence-electron chi connectivity index (χ1n) is 9.99. The minimum absolute atomic E-state index is 0.0654. The van der Waals surface area contributed by atoms with Crippen LogP contribution in [0.5, 0.6) is 5.75 Å². The van der Waals surface area contributed by atoms with Crippen LogP contribution in [0.4, 0.5) is 5.69 Å². The van der Waals surface area contributed by atoms with Gasteiger partial charge in [-0.1, -0.05) is 42.0 Å². The maximum absolute atomic E-state index is 13.0. The van der Waals surface area contributed by atoms with Gasteiger partial charge in [0.1, 0.15) is 5.75 Å². The van der Waals surface area contributed by atoms with Crippen LogP contribution in [0, 0.1) is 6.92 Å². The van der Waals surface area contributed by atoms with Crippen molar-refractivity contribution in [3.8, 4) is 5.75 Å². The molecule has 3 aromatic rings. The van der Waals surface area contributed by atoms with Crippen LogP contribution in [-0.4, -0.2) is 34.5 Å². The summed E-state index contributed by atoms with van der Waals surface area (Å²) >= 11 is 0. The largest absolute Gasteiger partial charge is 0.494 e. The van der Waals surface area contributed by atoms with Crippen LogP contribution in [0.15, 0.2) is 83.8 Å². The third kappa shape index (κ3) is 5.86. The van der Waals surface area contributed by atoms with Gasteiger partial charge in [0, 0.05) is 19.2 Å². The molecule has 0 bridgehead atoms. The van der Waals surface area contributed by atoms with Crippen LogP contribution < -0.4 is 14.4 Å². The molecule has 0 spiro atoms. The number of benzene rings is 3. The van der Waals surface area contributed by atoms with E-state index in [4.69, 9.17) is 4.74 Å². The van der Waals surface area contributed by atoms with Crippen molar-refractivity contribution in [2.24, 2.45) is 0 Å². The third-order valence-corrected chi connectivity index (χ3v) is 6.55. The SMILES string of the molecule is Cc1ccc(N(C)S(=O)(=O)c2cccc(C(=O)NCCCOc3ccccc3)c2)cc1. The Hall–Kier alpha value is -3.32. The summed E-state index contributed by atoms with van der Waals surface area (Å²) in [7, 11) is -2.29. The molecule has 1 amide bonds. The van der Waals surface area contributed by atoms with Gasteiger partial charge in [0.2, 0.25) is 0 Å². The highest BCUT2D eigenvalue weighted by Crippen LogP contribution is 2.23. The van der Waals surface area contributed by atoms with Crippen molar-refractivity contribution in [1.29, 1.82) is 0 Å². The minimum Gasteiger partial charge on any atom is -0.494 e. The molecule has 6 nitrogen and oxygen atoms in total. The predicted octanol–water partition coefficient (Wildman–Crippen LogP) is 4.02. The highest BCUT2D eigenvalue weighted by Gasteiger charge is 2.22. The molecule has 0 aliphatic heterocycles. The number of amides is 1. The molecule has 0 aliphatic carbocycles. The number of carbonyl (C=O) groups excluding carboxylic acids is 1. The van der Waals surface area contributed by atoms with Crippen molar-refractivity contribution < 1.29 is 17.9 Å². The first kappa shape index (κ1) is 22.4. The molecule has 0 heterocycles. The van der Waals surface area contributed by atoms with Gasteiger partial charge < -0.3 is 10.1 Å². The van der Waals surface area contributed by atoms with Crippen LogP contribution in [0.3, 0.4) is 0 Å². The topological polar surface area (TPSA) is 75.7 Å². The van der Waals surface area contributed by atoms with Gasteiger partial charge in [-0.15, -0.1) is 0 Å². The monoisotopic (exact) mass is 438 g/mol. The molecule has 0 saturated carbocycles. The molecule has 3 rings (SSSR count). The molecule has 0 aromatic heterocycles. The fraction of sp³-hybridized carbons (Fsp3) is 0.208. The maximum atomic E-state index is 13.0. The van der Waals surface area contributed by atoms with E-state index >= 15 is 0 Å². The number of para-hydroxylation sites is 1. The number of nitrogens with one attached hydrogen (secondary N) is 1. The lowest BCUT2D eigenvalue weighted by atomic mass is 10.2. The minimum atomic E-state index is -3.79. The lowest BCUT2D eigenvalue weighted by molar-refractivity contribution is 0.0951. The molecule has 0 unspecified atom stereocenters. The number of carbonyl (C=O) groups is 1. The molecule has 162 valence electrons. The molecule has 0 radical (unpaired) electrons. The quantitative estimate of drug-likeness (QED) is 0.512. The molecule has 0 saturated heterocycles. The van der Waals surface area contributed by atoms with Gasteiger partial charge >= 0.3 is 0 Å². The van der Waals surface area contributed by atoms with E-state index in [0.717, 1.165) is 11.3 Å². The molecular formula is C24H26N2O4S. The van der Waals surface area contributed by atoms with Gasteiger partial charge in [0.25, 0.3) is 15.9 Å². The van der Waals surface area contributed by atoms with E-state index in [1.807, 2.05) is 49.4 Å². The molecule has 31 heavy (non-hydrogen) atoms. The molecule has 0 fully saturated rings. The van der Waals surface area contributed by atoms with Gasteiger partial charge in [-0.3, -0.25) is 9.10 Å². The Labute approximate surface area is 183 Å². The fourth-order valence-corrected chi connectivity index (χ4v) is 4.17. The van der Waals surface area contributed by atoms with Gasteiger partial charge in [-0.25, -0.2) is 8.42 Å². The Morgan fingerprint density at radius 3 is 2.39 bits per heavy atom. The molecule has 0 aliphatic rings. The number of hydrogen-bond acceptors (Lipinski definition) is 4. The zero-order valence-electron chi connectivity index (χ0n) is 17.6. The molecule has 1 N–H and O–H groups in total. The van der Waals surface area contributed by atoms with Gasteiger partial charge in [-0.05, 0) is 55.8 Å². The Morgan fingerprint density at radius 1 is 0.968 bits per heavy atom. The zero-order valence-corrected chi connectivity index (χ0v) is 18.4. The summed E-state index contributed by atoms with van der Waals surface area (Å²) in [6.45, 7) is 2.83. The zero-order chi connectivity index (χ0) is 22.3. The summed E-state index contributed by atoms with van der Waals surface area (Å²) in [6.07, 6.45) is 0.634. The normalized spacial score (nSPS) is 11.0. The van der Waals surface area contributed by atoms with E-state index in [2.05, 4.69) is 5.32 Å². The third-order valence-electron chi connectivity index (χ3n) is 4.77. The second-order valence-corrected chi connectivity index (χ2v) is 9.08. The number of sulfonamides is 1. The molecular weight excluding hydrogens is 412 g/mol. The highest BCUT2D eigenvalue weighted by molar-refractivity contribution is 7.92. The van der Waals surface area contributed by atoms with E-state index in [0.29, 0.717) is 30.8 Å². The van der Waals surface area contributed by atoms with Crippen molar-refractivity contribution in [2.75, 3.05) is 24.5 Å². The Morgan fingerprint density at radius 2 is 1.68 bits per heavy atom. The van der Waals surface area contributed by atoms with E-state index in [-0.39, 0.29) is 10.8 Å². The lowest BCUT2D eigenvalue weighted by Gasteiger charge is -2.20. The van der Waals surface area contributed by atoms with Crippen molar-refractivity contribution in [2.45, 2.75) is 18.2 Å². The van der Waals surface area contributed by atoms with Crippen LogP contribution in [0.2, 0.25) is 0 Å². The van der Waals surface area contributed by atoms with Crippen LogP contribution in [0.1, 0.15) is 22.3 Å². The molecule has 7 heteroatoms. The Balaban J connectivity index is 1.59. The summed E-state index contributed by atoms with van der Waals surface area (Å²) in [4.78, 5) is 12.5. The first-order valence-corrected chi connectivity index (χ1v) is 11.4. The van der Waals surface area contributed by atoms with Crippen LogP contribution in [0.25, 0.3) is 0 Å². The van der Waals surface area contributed by atoms with Crippen molar-refractivity contribution in [3.05, 3.63) is 90.0 Å². The molecule has 0 atom stereocenters. The van der Waals surface area contributed by atoms with Gasteiger partial charge in [0.15, 0.2) is 0 Å². The number of rotatable bonds is 9. The summed E-state index contributed by atoms with van der Waals surface area (Å²) in [5.41, 5.74) is 1.89. The second kappa shape index (κ2) is 10.1. The van der Waals surface area contributed by atoms with Gasteiger partial charge in [0.05, 0.1) is 17.2 Å². The summed E-state index contributed by atoms with van der Waals surface area (Å²) in [5.74, 6) is 0.458. The average Bonchev–Trinajstić information content (AvgIpc) is 2.79. The second-order valence-electron chi connectivity index (χ2n) is 7.11. The molecule has 3 aromatic carbocycles. The average molecular weight is 439 g/mol. The Bertz CT molecular complexity index is 1110. The van der Waals surface area contributed by atoms with E-state index in [9.17, 15) is 13.2 Å². The van der Waals surface area contributed by atoms with E-state index in [1.54, 1.807) is 24.3 Å². The number of ether oxygens (including phenoxy) is 1. The van der Waals surface area contributed by atoms with E-state index < -0.39 is 10.0 Å². The fourth-order valence-electron chi connectivity index (χ4n) is 2.93. The summed E-state index contributed by atoms with van der Waals surface area (Å²) in [5, 5.41) is 2.80. The highest BCUT2D eigenvalue weighted by atomic mass is 32.2. The summed E-state index contributed by atoms with van der Waals surface area (Å²) in [6, 6.07) is 22.7. The maximum Gasteiger partial charge on any atom is 0.264 e. The summed E-state index contributed by atoms with van der Waals surface area (Å²) < 4.78 is 32.8. The smallest absolute Gasteiger partial charge is 0.264 e. The van der Waals surface area contributed by atoms with Crippen molar-refractivity contribution in [1.82, 2.24) is 5.32 Å². The predicted molar refractivity (Wildman–Crippen MR) is 122 cm³/mol. The first-order chi connectivity index (χ1) is 14.9.